The van der Waals surface area contributed by atoms with E-state index in [1.807, 2.05) is 0 Å². The molecule has 2 aromatic rings. The van der Waals surface area contributed by atoms with E-state index in [2.05, 4.69) is 15.5 Å². The van der Waals surface area contributed by atoms with E-state index in [1.54, 1.807) is 10.7 Å². The standard InChI is InChI=1S/C11H9ClN4O2S/c12-8-5-6(10(17)18)1-4-9(8)19-11-13-14-15-16(11)7-2-3-7/h1,4-5,7H,2-3H2,(H,17,18). The number of carboxylic acids is 1. The lowest BCUT2D eigenvalue weighted by molar-refractivity contribution is 0.0697. The molecule has 1 saturated carbocycles. The maximum Gasteiger partial charge on any atom is 0.335 e. The van der Waals surface area contributed by atoms with Crippen molar-refractivity contribution >= 4 is 29.3 Å². The highest BCUT2D eigenvalue weighted by atomic mass is 35.5. The maximum absolute atomic E-state index is 10.8. The highest BCUT2D eigenvalue weighted by Gasteiger charge is 2.28. The van der Waals surface area contributed by atoms with Gasteiger partial charge < -0.3 is 5.11 Å². The number of rotatable bonds is 4. The largest absolute Gasteiger partial charge is 0.478 e. The van der Waals surface area contributed by atoms with Crippen LogP contribution < -0.4 is 0 Å². The van der Waals surface area contributed by atoms with Crippen LogP contribution in [0.1, 0.15) is 29.2 Å². The van der Waals surface area contributed by atoms with Crippen LogP contribution in [-0.4, -0.2) is 31.3 Å². The van der Waals surface area contributed by atoms with Gasteiger partial charge in [0, 0.05) is 4.90 Å². The van der Waals surface area contributed by atoms with Crippen LogP contribution in [0.15, 0.2) is 28.3 Å². The lowest BCUT2D eigenvalue weighted by Gasteiger charge is -2.05. The normalized spacial score (nSPS) is 14.6. The Morgan fingerprint density at radius 1 is 1.47 bits per heavy atom. The number of aromatic nitrogens is 4. The number of benzene rings is 1. The molecule has 0 bridgehead atoms. The topological polar surface area (TPSA) is 80.9 Å². The Balaban J connectivity index is 1.86. The lowest BCUT2D eigenvalue weighted by Crippen LogP contribution is -1.99. The van der Waals surface area contributed by atoms with Crippen molar-refractivity contribution in [3.8, 4) is 0 Å². The second-order valence-electron chi connectivity index (χ2n) is 4.19. The zero-order valence-corrected chi connectivity index (χ0v) is 11.2. The fraction of sp³-hybridized carbons (Fsp3) is 0.273. The summed E-state index contributed by atoms with van der Waals surface area (Å²) in [6.07, 6.45) is 2.18. The average molecular weight is 297 g/mol. The second kappa shape index (κ2) is 4.82. The van der Waals surface area contributed by atoms with Gasteiger partial charge in [-0.15, -0.1) is 5.10 Å². The molecule has 6 nitrogen and oxygen atoms in total. The van der Waals surface area contributed by atoms with Crippen LogP contribution in [-0.2, 0) is 0 Å². The highest BCUT2D eigenvalue weighted by molar-refractivity contribution is 7.99. The number of tetrazole rings is 1. The molecule has 3 rings (SSSR count). The van der Waals surface area contributed by atoms with Gasteiger partial charge in [-0.1, -0.05) is 11.6 Å². The minimum absolute atomic E-state index is 0.163. The molecule has 0 radical (unpaired) electrons. The van der Waals surface area contributed by atoms with Gasteiger partial charge >= 0.3 is 5.97 Å². The Kier molecular flexibility index (Phi) is 3.16. The summed E-state index contributed by atoms with van der Waals surface area (Å²) in [5.41, 5.74) is 0.163. The first-order valence-electron chi connectivity index (χ1n) is 5.63. The third-order valence-corrected chi connectivity index (χ3v) is 4.19. The Hall–Kier alpha value is -1.60. The Labute approximate surface area is 117 Å². The molecule has 0 spiro atoms. The van der Waals surface area contributed by atoms with E-state index < -0.39 is 5.97 Å². The maximum atomic E-state index is 10.8. The van der Waals surface area contributed by atoms with E-state index in [1.165, 1.54) is 23.9 Å². The molecule has 0 aliphatic heterocycles. The first kappa shape index (κ1) is 12.4. The van der Waals surface area contributed by atoms with Gasteiger partial charge in [0.1, 0.15) is 0 Å². The molecule has 1 fully saturated rings. The van der Waals surface area contributed by atoms with Crippen molar-refractivity contribution < 1.29 is 9.90 Å². The summed E-state index contributed by atoms with van der Waals surface area (Å²) in [5, 5.41) is 21.5. The molecule has 19 heavy (non-hydrogen) atoms. The fourth-order valence-corrected chi connectivity index (χ4v) is 2.76. The summed E-state index contributed by atoms with van der Waals surface area (Å²) < 4.78 is 1.78. The molecule has 98 valence electrons. The number of halogens is 1. The fourth-order valence-electron chi connectivity index (χ4n) is 1.62. The first-order chi connectivity index (χ1) is 9.15. The molecule has 0 amide bonds. The van der Waals surface area contributed by atoms with Gasteiger partial charge in [-0.25, -0.2) is 9.48 Å². The molecule has 1 aliphatic rings. The number of hydrogen-bond donors (Lipinski definition) is 1. The monoisotopic (exact) mass is 296 g/mol. The summed E-state index contributed by atoms with van der Waals surface area (Å²) in [4.78, 5) is 11.6. The molecular formula is C11H9ClN4O2S. The van der Waals surface area contributed by atoms with Crippen LogP contribution in [0.2, 0.25) is 5.02 Å². The van der Waals surface area contributed by atoms with E-state index in [-0.39, 0.29) is 5.56 Å². The predicted octanol–water partition coefficient (Wildman–Crippen LogP) is 2.51. The van der Waals surface area contributed by atoms with Crippen LogP contribution >= 0.6 is 23.4 Å². The second-order valence-corrected chi connectivity index (χ2v) is 5.61. The van der Waals surface area contributed by atoms with Gasteiger partial charge in [-0.3, -0.25) is 0 Å². The number of carboxylic acid groups (broad SMARTS) is 1. The molecular weight excluding hydrogens is 288 g/mol. The molecule has 1 aromatic heterocycles. The van der Waals surface area contributed by atoms with Gasteiger partial charge in [0.05, 0.1) is 16.6 Å². The average Bonchev–Trinajstić information content (AvgIpc) is 3.12. The SMILES string of the molecule is O=C(O)c1ccc(Sc2nnnn2C2CC2)c(Cl)c1. The molecule has 1 N–H and O–H groups in total. The smallest absolute Gasteiger partial charge is 0.335 e. The van der Waals surface area contributed by atoms with Crippen LogP contribution in [0.5, 0.6) is 0 Å². The van der Waals surface area contributed by atoms with Crippen LogP contribution in [0.3, 0.4) is 0 Å². The summed E-state index contributed by atoms with van der Waals surface area (Å²) in [6, 6.07) is 5.00. The van der Waals surface area contributed by atoms with E-state index in [9.17, 15) is 4.79 Å². The van der Waals surface area contributed by atoms with Crippen molar-refractivity contribution in [1.82, 2.24) is 20.2 Å². The van der Waals surface area contributed by atoms with E-state index in [4.69, 9.17) is 16.7 Å². The van der Waals surface area contributed by atoms with Crippen molar-refractivity contribution in [1.29, 1.82) is 0 Å². The zero-order valence-electron chi connectivity index (χ0n) is 9.65. The minimum Gasteiger partial charge on any atom is -0.478 e. The van der Waals surface area contributed by atoms with Gasteiger partial charge in [-0.2, -0.15) is 0 Å². The highest BCUT2D eigenvalue weighted by Crippen LogP contribution is 2.39. The summed E-state index contributed by atoms with van der Waals surface area (Å²) >= 11 is 7.41. The molecule has 0 atom stereocenters. The van der Waals surface area contributed by atoms with Crippen molar-refractivity contribution in [3.63, 3.8) is 0 Å². The Bertz CT molecular complexity index is 641. The molecule has 8 heteroatoms. The quantitative estimate of drug-likeness (QED) is 0.933. The summed E-state index contributed by atoms with van der Waals surface area (Å²) in [7, 11) is 0. The van der Waals surface area contributed by atoms with Crippen LogP contribution in [0.25, 0.3) is 0 Å². The molecule has 0 unspecified atom stereocenters. The summed E-state index contributed by atoms with van der Waals surface area (Å²) in [5.74, 6) is -0.999. The third kappa shape index (κ3) is 2.57. The van der Waals surface area contributed by atoms with E-state index in [0.717, 1.165) is 17.7 Å². The number of aromatic carboxylic acids is 1. The van der Waals surface area contributed by atoms with Crippen molar-refractivity contribution in [3.05, 3.63) is 28.8 Å². The molecule has 1 heterocycles. The molecule has 0 saturated heterocycles. The summed E-state index contributed by atoms with van der Waals surface area (Å²) in [6.45, 7) is 0. The van der Waals surface area contributed by atoms with Gasteiger partial charge in [0.2, 0.25) is 5.16 Å². The zero-order chi connectivity index (χ0) is 13.4. The van der Waals surface area contributed by atoms with Gasteiger partial charge in [0.15, 0.2) is 0 Å². The molecule has 1 aliphatic carbocycles. The van der Waals surface area contributed by atoms with E-state index >= 15 is 0 Å². The predicted molar refractivity (Wildman–Crippen MR) is 68.6 cm³/mol. The van der Waals surface area contributed by atoms with Gasteiger partial charge in [-0.05, 0) is 53.2 Å². The lowest BCUT2D eigenvalue weighted by atomic mass is 10.2. The van der Waals surface area contributed by atoms with Crippen LogP contribution in [0.4, 0.5) is 0 Å². The van der Waals surface area contributed by atoms with E-state index in [0.29, 0.717) is 16.2 Å². The Morgan fingerprint density at radius 2 is 2.26 bits per heavy atom. The molecule has 1 aromatic carbocycles. The minimum atomic E-state index is -0.999. The third-order valence-electron chi connectivity index (χ3n) is 2.74. The number of carbonyl (C=O) groups is 1. The van der Waals surface area contributed by atoms with Gasteiger partial charge in [0.25, 0.3) is 0 Å². The Morgan fingerprint density at radius 3 is 2.89 bits per heavy atom. The number of hydrogen-bond acceptors (Lipinski definition) is 5. The number of nitrogens with zero attached hydrogens (tertiary/aromatic N) is 4. The van der Waals surface area contributed by atoms with Crippen molar-refractivity contribution in [2.24, 2.45) is 0 Å². The first-order valence-corrected chi connectivity index (χ1v) is 6.83. The van der Waals surface area contributed by atoms with Crippen molar-refractivity contribution in [2.45, 2.75) is 28.9 Å². The van der Waals surface area contributed by atoms with Crippen molar-refractivity contribution in [2.75, 3.05) is 0 Å². The van der Waals surface area contributed by atoms with Crippen LogP contribution in [0, 0.1) is 0 Å².